The third-order valence-corrected chi connectivity index (χ3v) is 3.47. The number of oxazole rings is 1. The van der Waals surface area contributed by atoms with Gasteiger partial charge >= 0.3 is 5.76 Å². The van der Waals surface area contributed by atoms with Crippen LogP contribution in [0.3, 0.4) is 0 Å². The van der Waals surface area contributed by atoms with Gasteiger partial charge in [0.25, 0.3) is 0 Å². The van der Waals surface area contributed by atoms with Crippen LogP contribution in [0.5, 0.6) is 0 Å². The van der Waals surface area contributed by atoms with Gasteiger partial charge in [-0.3, -0.25) is 9.36 Å². The number of carbonyl (C=O) groups excluding carboxylic acids is 1. The number of nitrogens with one attached hydrogen (secondary N) is 1. The number of hydrogen-bond acceptors (Lipinski definition) is 3. The molecule has 1 aromatic carbocycles. The van der Waals surface area contributed by atoms with E-state index >= 15 is 0 Å². The summed E-state index contributed by atoms with van der Waals surface area (Å²) in [6.07, 6.45) is 1.19. The van der Waals surface area contributed by atoms with Crippen LogP contribution in [-0.2, 0) is 11.3 Å². The first kappa shape index (κ1) is 15.6. The Morgan fingerprint density at radius 3 is 2.90 bits per heavy atom. The molecule has 0 unspecified atom stereocenters. The van der Waals surface area contributed by atoms with E-state index in [4.69, 9.17) is 16.0 Å². The Balaban J connectivity index is 1.99. The van der Waals surface area contributed by atoms with Gasteiger partial charge in [-0.05, 0) is 24.5 Å². The smallest absolute Gasteiger partial charge is 0.408 e. The number of nitrogens with zero attached hydrogens (tertiary/aromatic N) is 1. The summed E-state index contributed by atoms with van der Waals surface area (Å²) >= 11 is 5.86. The van der Waals surface area contributed by atoms with Crippen molar-refractivity contribution < 1.29 is 9.21 Å². The summed E-state index contributed by atoms with van der Waals surface area (Å²) in [7, 11) is 0. The molecule has 0 atom stereocenters. The van der Waals surface area contributed by atoms with E-state index in [9.17, 15) is 9.59 Å². The fourth-order valence-corrected chi connectivity index (χ4v) is 2.22. The molecule has 0 aliphatic rings. The minimum Gasteiger partial charge on any atom is -0.408 e. The van der Waals surface area contributed by atoms with E-state index in [-0.39, 0.29) is 12.3 Å². The van der Waals surface area contributed by atoms with E-state index in [1.54, 1.807) is 18.2 Å². The molecule has 0 aliphatic heterocycles. The van der Waals surface area contributed by atoms with Gasteiger partial charge in [-0.25, -0.2) is 4.79 Å². The van der Waals surface area contributed by atoms with Gasteiger partial charge < -0.3 is 9.73 Å². The maximum absolute atomic E-state index is 11.8. The predicted octanol–water partition coefficient (Wildman–Crippen LogP) is 2.80. The molecular weight excluding hydrogens is 292 g/mol. The van der Waals surface area contributed by atoms with Crippen molar-refractivity contribution in [3.05, 3.63) is 33.8 Å². The number of carbonyl (C=O) groups is 1. The van der Waals surface area contributed by atoms with Crippen LogP contribution in [0.25, 0.3) is 11.1 Å². The summed E-state index contributed by atoms with van der Waals surface area (Å²) in [5.41, 5.74) is 1.09. The van der Waals surface area contributed by atoms with Crippen molar-refractivity contribution in [1.29, 1.82) is 0 Å². The zero-order valence-corrected chi connectivity index (χ0v) is 12.9. The highest BCUT2D eigenvalue weighted by atomic mass is 35.5. The minimum absolute atomic E-state index is 0.0640. The van der Waals surface area contributed by atoms with Crippen molar-refractivity contribution in [2.45, 2.75) is 33.2 Å². The van der Waals surface area contributed by atoms with Gasteiger partial charge in [-0.15, -0.1) is 0 Å². The van der Waals surface area contributed by atoms with Gasteiger partial charge in [0.2, 0.25) is 5.91 Å². The molecule has 2 rings (SSSR count). The second kappa shape index (κ2) is 6.80. The van der Waals surface area contributed by atoms with Crippen LogP contribution in [0.1, 0.15) is 26.7 Å². The van der Waals surface area contributed by atoms with Crippen LogP contribution in [0, 0.1) is 5.92 Å². The van der Waals surface area contributed by atoms with Crippen LogP contribution in [0.4, 0.5) is 0 Å². The number of fused-ring (bicyclic) bond motifs is 1. The molecule has 2 aromatic rings. The molecule has 0 fully saturated rings. The summed E-state index contributed by atoms with van der Waals surface area (Å²) in [6.45, 7) is 5.16. The number of hydrogen-bond donors (Lipinski definition) is 1. The lowest BCUT2D eigenvalue weighted by atomic mass is 10.1. The van der Waals surface area contributed by atoms with Crippen LogP contribution in [-0.4, -0.2) is 17.0 Å². The first-order valence-electron chi connectivity index (χ1n) is 7.03. The molecule has 5 nitrogen and oxygen atoms in total. The minimum atomic E-state index is -0.470. The molecule has 6 heteroatoms. The summed E-state index contributed by atoms with van der Waals surface area (Å²) < 4.78 is 6.57. The van der Waals surface area contributed by atoms with Crippen LogP contribution in [0.2, 0.25) is 5.02 Å². The van der Waals surface area contributed by atoms with Crippen LogP contribution in [0.15, 0.2) is 27.4 Å². The van der Waals surface area contributed by atoms with Gasteiger partial charge in [0, 0.05) is 30.6 Å². The highest BCUT2D eigenvalue weighted by molar-refractivity contribution is 6.31. The lowest BCUT2D eigenvalue weighted by Crippen LogP contribution is -2.27. The van der Waals surface area contributed by atoms with Gasteiger partial charge in [0.15, 0.2) is 5.58 Å². The molecule has 0 saturated heterocycles. The van der Waals surface area contributed by atoms with E-state index in [1.165, 1.54) is 4.57 Å². The van der Waals surface area contributed by atoms with E-state index in [2.05, 4.69) is 19.2 Å². The molecule has 1 N–H and O–H groups in total. The monoisotopic (exact) mass is 310 g/mol. The Hall–Kier alpha value is -1.75. The first-order chi connectivity index (χ1) is 9.97. The number of benzene rings is 1. The highest BCUT2D eigenvalue weighted by Gasteiger charge is 2.11. The zero-order chi connectivity index (χ0) is 15.4. The van der Waals surface area contributed by atoms with Crippen molar-refractivity contribution in [2.75, 3.05) is 6.54 Å². The van der Waals surface area contributed by atoms with Crippen molar-refractivity contribution in [3.8, 4) is 0 Å². The maximum Gasteiger partial charge on any atom is 0.419 e. The van der Waals surface area contributed by atoms with Gasteiger partial charge in [-0.2, -0.15) is 0 Å². The molecule has 0 spiro atoms. The molecule has 0 saturated carbocycles. The first-order valence-corrected chi connectivity index (χ1v) is 7.40. The Kier molecular flexibility index (Phi) is 5.07. The number of aromatic nitrogens is 1. The lowest BCUT2D eigenvalue weighted by Gasteiger charge is -2.07. The van der Waals surface area contributed by atoms with Gasteiger partial charge in [0.05, 0.1) is 5.52 Å². The fraction of sp³-hybridized carbons (Fsp3) is 0.467. The van der Waals surface area contributed by atoms with Crippen LogP contribution < -0.4 is 11.1 Å². The third-order valence-electron chi connectivity index (χ3n) is 3.24. The van der Waals surface area contributed by atoms with E-state index < -0.39 is 5.76 Å². The molecule has 114 valence electrons. The van der Waals surface area contributed by atoms with Gasteiger partial charge in [0.1, 0.15) is 0 Å². The third kappa shape index (κ3) is 4.11. The van der Waals surface area contributed by atoms with Crippen molar-refractivity contribution in [2.24, 2.45) is 5.92 Å². The Bertz CT molecular complexity index is 688. The van der Waals surface area contributed by atoms with Crippen LogP contribution >= 0.6 is 11.6 Å². The number of amides is 1. The normalized spacial score (nSPS) is 11.2. The Morgan fingerprint density at radius 1 is 1.43 bits per heavy atom. The average molecular weight is 311 g/mol. The summed E-state index contributed by atoms with van der Waals surface area (Å²) in [5.74, 6) is 0.0172. The van der Waals surface area contributed by atoms with Gasteiger partial charge in [-0.1, -0.05) is 25.4 Å². The highest BCUT2D eigenvalue weighted by Crippen LogP contribution is 2.18. The fourth-order valence-electron chi connectivity index (χ4n) is 2.05. The predicted molar refractivity (Wildman–Crippen MR) is 82.6 cm³/mol. The Morgan fingerprint density at radius 2 is 2.19 bits per heavy atom. The molecule has 1 heterocycles. The second-order valence-electron chi connectivity index (χ2n) is 5.41. The van der Waals surface area contributed by atoms with Crippen molar-refractivity contribution in [3.63, 3.8) is 0 Å². The molecule has 21 heavy (non-hydrogen) atoms. The molecular formula is C15H19ClN2O3. The van der Waals surface area contributed by atoms with E-state index in [0.29, 0.717) is 35.1 Å². The average Bonchev–Trinajstić information content (AvgIpc) is 2.70. The zero-order valence-electron chi connectivity index (χ0n) is 12.2. The molecule has 0 radical (unpaired) electrons. The molecule has 1 aromatic heterocycles. The Labute approximate surface area is 127 Å². The molecule has 0 aliphatic carbocycles. The summed E-state index contributed by atoms with van der Waals surface area (Å²) in [4.78, 5) is 23.5. The van der Waals surface area contributed by atoms with E-state index in [1.807, 2.05) is 0 Å². The second-order valence-corrected chi connectivity index (χ2v) is 5.85. The summed E-state index contributed by atoms with van der Waals surface area (Å²) in [5, 5.41) is 3.36. The quantitative estimate of drug-likeness (QED) is 0.892. The van der Waals surface area contributed by atoms with E-state index in [0.717, 1.165) is 6.42 Å². The number of rotatable bonds is 6. The summed E-state index contributed by atoms with van der Waals surface area (Å²) in [6, 6.07) is 5.01. The number of halogens is 1. The number of aryl methyl sites for hydroxylation is 1. The SMILES string of the molecule is CC(C)CCNC(=O)CCn1c(=O)oc2cc(Cl)ccc21. The van der Waals surface area contributed by atoms with Crippen molar-refractivity contribution >= 4 is 28.6 Å². The molecule has 1 amide bonds. The molecule has 0 bridgehead atoms. The maximum atomic E-state index is 11.8. The standard InChI is InChI=1S/C15H19ClN2O3/c1-10(2)5-7-17-14(19)6-8-18-12-4-3-11(16)9-13(12)21-15(18)20/h3-4,9-10H,5-8H2,1-2H3,(H,17,19). The topological polar surface area (TPSA) is 64.2 Å². The largest absolute Gasteiger partial charge is 0.419 e. The van der Waals surface area contributed by atoms with Crippen molar-refractivity contribution in [1.82, 2.24) is 9.88 Å². The lowest BCUT2D eigenvalue weighted by molar-refractivity contribution is -0.121.